The van der Waals surface area contributed by atoms with Crippen LogP contribution < -0.4 is 0 Å². The monoisotopic (exact) mass is 266 g/mol. The normalized spacial score (nSPS) is 13.7. The molecule has 0 fully saturated rings. The van der Waals surface area contributed by atoms with E-state index < -0.39 is 0 Å². The van der Waals surface area contributed by atoms with Crippen LogP contribution >= 0.6 is 0 Å². The van der Waals surface area contributed by atoms with E-state index >= 15 is 0 Å². The molecule has 0 aliphatic heterocycles. The summed E-state index contributed by atoms with van der Waals surface area (Å²) in [4.78, 5) is 12.2. The summed E-state index contributed by atoms with van der Waals surface area (Å²) in [5.74, 6) is 0.941. The van der Waals surface area contributed by atoms with Crippen molar-refractivity contribution in [2.24, 2.45) is 0 Å². The maximum Gasteiger partial charge on any atom is 0.134 e. The minimum atomic E-state index is 0.298. The van der Waals surface area contributed by atoms with Gasteiger partial charge in [-0.15, -0.1) is 0 Å². The second-order valence-corrected chi connectivity index (χ2v) is 5.57. The van der Waals surface area contributed by atoms with Gasteiger partial charge in [-0.2, -0.15) is 0 Å². The van der Waals surface area contributed by atoms with Gasteiger partial charge in [-0.3, -0.25) is 4.79 Å². The minimum absolute atomic E-state index is 0.298. The Morgan fingerprint density at radius 1 is 0.750 bits per heavy atom. The molecule has 0 bridgehead atoms. The Morgan fingerprint density at radius 3 is 1.45 bits per heavy atom. The smallest absolute Gasteiger partial charge is 0.134 e. The molecule has 0 heterocycles. The number of carbonyl (C=O) groups excluding carboxylic acids is 1. The van der Waals surface area contributed by atoms with Gasteiger partial charge in [0.25, 0.3) is 0 Å². The summed E-state index contributed by atoms with van der Waals surface area (Å²) in [6.07, 6.45) is 1.25. The van der Waals surface area contributed by atoms with E-state index in [-0.39, 0.29) is 0 Å². The van der Waals surface area contributed by atoms with Crippen molar-refractivity contribution in [2.75, 3.05) is 0 Å². The van der Waals surface area contributed by atoms with Crippen LogP contribution in [0.15, 0.2) is 60.7 Å². The summed E-state index contributed by atoms with van der Waals surface area (Å²) in [6.45, 7) is 4.25. The molecule has 1 nitrogen and oxygen atoms in total. The zero-order chi connectivity index (χ0) is 14.4. The first-order valence-electron chi connectivity index (χ1n) is 7.28. The van der Waals surface area contributed by atoms with Crippen molar-refractivity contribution in [3.8, 4) is 0 Å². The van der Waals surface area contributed by atoms with Crippen LogP contribution in [0.1, 0.15) is 49.7 Å². The zero-order valence-electron chi connectivity index (χ0n) is 12.3. The van der Waals surface area contributed by atoms with Crippen molar-refractivity contribution in [1.82, 2.24) is 0 Å². The largest absolute Gasteiger partial charge is 0.300 e. The lowest BCUT2D eigenvalue weighted by Crippen LogP contribution is -2.08. The summed E-state index contributed by atoms with van der Waals surface area (Å²) in [6, 6.07) is 20.5. The van der Waals surface area contributed by atoms with E-state index in [9.17, 15) is 4.79 Å². The third-order valence-electron chi connectivity index (χ3n) is 3.80. The first-order valence-corrected chi connectivity index (χ1v) is 7.28. The average molecular weight is 266 g/mol. The summed E-state index contributed by atoms with van der Waals surface area (Å²) < 4.78 is 0. The number of hydrogen-bond donors (Lipinski definition) is 0. The maximum absolute atomic E-state index is 12.2. The molecule has 2 aromatic rings. The average Bonchev–Trinajstić information content (AvgIpc) is 2.49. The lowest BCUT2D eigenvalue weighted by molar-refractivity contribution is -0.119. The predicted molar refractivity (Wildman–Crippen MR) is 84.0 cm³/mol. The van der Waals surface area contributed by atoms with Gasteiger partial charge in [-0.05, 0) is 23.0 Å². The fourth-order valence-corrected chi connectivity index (χ4v) is 2.57. The fraction of sp³-hybridized carbons (Fsp3) is 0.316. The zero-order valence-corrected chi connectivity index (χ0v) is 12.3. The Labute approximate surface area is 121 Å². The van der Waals surface area contributed by atoms with Crippen LogP contribution in [0.5, 0.6) is 0 Å². The number of hydrogen-bond acceptors (Lipinski definition) is 1. The van der Waals surface area contributed by atoms with E-state index in [1.165, 1.54) is 11.1 Å². The molecule has 104 valence electrons. The van der Waals surface area contributed by atoms with Gasteiger partial charge in [0, 0.05) is 12.8 Å². The molecule has 2 rings (SSSR count). The Morgan fingerprint density at radius 2 is 1.10 bits per heavy atom. The predicted octanol–water partition coefficient (Wildman–Crippen LogP) is 4.94. The first-order chi connectivity index (χ1) is 9.66. The van der Waals surface area contributed by atoms with Gasteiger partial charge in [-0.25, -0.2) is 0 Å². The fourth-order valence-electron chi connectivity index (χ4n) is 2.57. The molecule has 1 unspecified atom stereocenters. The Bertz CT molecular complexity index is 481. The van der Waals surface area contributed by atoms with Gasteiger partial charge in [0.1, 0.15) is 5.78 Å². The van der Waals surface area contributed by atoms with Crippen molar-refractivity contribution in [1.29, 1.82) is 0 Å². The van der Waals surface area contributed by atoms with Crippen LogP contribution in [0.25, 0.3) is 0 Å². The van der Waals surface area contributed by atoms with Gasteiger partial charge in [0.2, 0.25) is 0 Å². The van der Waals surface area contributed by atoms with E-state index in [0.717, 1.165) is 0 Å². The number of carbonyl (C=O) groups is 1. The van der Waals surface area contributed by atoms with Crippen molar-refractivity contribution in [2.45, 2.75) is 38.5 Å². The highest BCUT2D eigenvalue weighted by atomic mass is 16.1. The highest BCUT2D eigenvalue weighted by Gasteiger charge is 2.15. The molecule has 0 aliphatic carbocycles. The van der Waals surface area contributed by atoms with Crippen LogP contribution in [-0.2, 0) is 4.79 Å². The van der Waals surface area contributed by atoms with Gasteiger partial charge >= 0.3 is 0 Å². The molecular formula is C19H22O. The molecule has 0 N–H and O–H groups in total. The standard InChI is InChI=1S/C19H22O/c1-15(17-9-5-3-6-10-17)13-19(20)14-16(2)18-11-7-4-8-12-18/h3-12,15-16H,13-14H2,1-2H3/t15-,16?/m0/s1. The van der Waals surface area contributed by atoms with Crippen molar-refractivity contribution < 1.29 is 4.79 Å². The molecule has 0 saturated carbocycles. The lowest BCUT2D eigenvalue weighted by Gasteiger charge is -2.14. The third-order valence-corrected chi connectivity index (χ3v) is 3.80. The maximum atomic E-state index is 12.2. The topological polar surface area (TPSA) is 17.1 Å². The Balaban J connectivity index is 1.90. The van der Waals surface area contributed by atoms with Gasteiger partial charge in [0.05, 0.1) is 0 Å². The van der Waals surface area contributed by atoms with E-state index in [0.29, 0.717) is 30.5 Å². The molecular weight excluding hydrogens is 244 g/mol. The summed E-state index contributed by atoms with van der Waals surface area (Å²) >= 11 is 0. The second-order valence-electron chi connectivity index (χ2n) is 5.57. The number of ketones is 1. The number of rotatable bonds is 6. The molecule has 2 atom stereocenters. The molecule has 0 saturated heterocycles. The summed E-state index contributed by atoms with van der Waals surface area (Å²) in [5.41, 5.74) is 2.49. The van der Waals surface area contributed by atoms with Gasteiger partial charge in [0.15, 0.2) is 0 Å². The van der Waals surface area contributed by atoms with Crippen LogP contribution in [0.2, 0.25) is 0 Å². The van der Waals surface area contributed by atoms with E-state index in [2.05, 4.69) is 38.1 Å². The lowest BCUT2D eigenvalue weighted by atomic mass is 9.90. The Kier molecular flexibility index (Phi) is 5.11. The molecule has 0 aromatic heterocycles. The van der Waals surface area contributed by atoms with E-state index in [4.69, 9.17) is 0 Å². The van der Waals surface area contributed by atoms with E-state index in [1.54, 1.807) is 0 Å². The van der Waals surface area contributed by atoms with Gasteiger partial charge in [-0.1, -0.05) is 74.5 Å². The van der Waals surface area contributed by atoms with Crippen LogP contribution in [0.3, 0.4) is 0 Å². The molecule has 20 heavy (non-hydrogen) atoms. The molecule has 0 aliphatic rings. The second kappa shape index (κ2) is 7.04. The van der Waals surface area contributed by atoms with Crippen LogP contribution in [-0.4, -0.2) is 5.78 Å². The van der Waals surface area contributed by atoms with Gasteiger partial charge < -0.3 is 0 Å². The van der Waals surface area contributed by atoms with Crippen LogP contribution in [0, 0.1) is 0 Å². The Hall–Kier alpha value is -1.89. The highest BCUT2D eigenvalue weighted by molar-refractivity contribution is 5.80. The molecule has 0 spiro atoms. The summed E-state index contributed by atoms with van der Waals surface area (Å²) in [5, 5.41) is 0. The van der Waals surface area contributed by atoms with Crippen molar-refractivity contribution >= 4 is 5.78 Å². The quantitative estimate of drug-likeness (QED) is 0.723. The van der Waals surface area contributed by atoms with Crippen molar-refractivity contribution in [3.63, 3.8) is 0 Å². The minimum Gasteiger partial charge on any atom is -0.300 e. The number of benzene rings is 2. The molecule has 0 radical (unpaired) electrons. The first kappa shape index (κ1) is 14.5. The van der Waals surface area contributed by atoms with Crippen LogP contribution in [0.4, 0.5) is 0 Å². The highest BCUT2D eigenvalue weighted by Crippen LogP contribution is 2.24. The third kappa shape index (κ3) is 4.06. The van der Waals surface area contributed by atoms with Crippen molar-refractivity contribution in [3.05, 3.63) is 71.8 Å². The SMILES string of the molecule is CC(CC(=O)C[C@H](C)c1ccccc1)c1ccccc1. The molecule has 1 heteroatoms. The van der Waals surface area contributed by atoms with E-state index in [1.807, 2.05) is 36.4 Å². The molecule has 2 aromatic carbocycles. The number of Topliss-reactive ketones (excluding diaryl/α,β-unsaturated/α-hetero) is 1. The summed E-state index contributed by atoms with van der Waals surface area (Å²) in [7, 11) is 0. The molecule has 0 amide bonds.